The summed E-state index contributed by atoms with van der Waals surface area (Å²) in [6.45, 7) is 0.374. The van der Waals surface area contributed by atoms with Gasteiger partial charge in [0.15, 0.2) is 0 Å². The van der Waals surface area contributed by atoms with Crippen molar-refractivity contribution in [3.63, 3.8) is 0 Å². The number of nitrogens with two attached hydrogens (primary N) is 3. The fraction of sp³-hybridized carbons (Fsp3) is 0.560. The SMILES string of the molecule is CSCCC(NC(=O)C(CCC(N)=O)NC(=O)C(CCCCN)NC(=O)C(N)Cc1ccc(O)cc1)C(=O)O. The third kappa shape index (κ3) is 13.3. The number of amides is 4. The van der Waals surface area contributed by atoms with Crippen LogP contribution in [0, 0.1) is 0 Å². The number of thioether (sulfide) groups is 1. The number of unbranched alkanes of at least 4 members (excludes halogenated alkanes) is 1. The molecule has 0 aliphatic carbocycles. The highest BCUT2D eigenvalue weighted by atomic mass is 32.2. The van der Waals surface area contributed by atoms with Crippen molar-refractivity contribution in [2.75, 3.05) is 18.6 Å². The van der Waals surface area contributed by atoms with Gasteiger partial charge < -0.3 is 43.4 Å². The number of rotatable bonds is 19. The molecular formula is C25H40N6O7S. The third-order valence-electron chi connectivity index (χ3n) is 5.85. The number of aromatic hydroxyl groups is 1. The number of phenolic OH excluding ortho intramolecular Hbond substituents is 1. The quantitative estimate of drug-likeness (QED) is 0.0941. The molecule has 0 spiro atoms. The number of carbonyl (C=O) groups is 5. The standard InChI is InChI=1S/C25H40N6O7S/c1-39-13-11-20(25(37)38)31-24(36)19(9-10-21(28)33)30-23(35)18(4-2-3-12-26)29-22(34)17(27)14-15-5-7-16(32)8-6-15/h5-8,17-20,32H,2-4,9-14,26-27H2,1H3,(H2,28,33)(H,29,34)(H,30,35)(H,31,36)(H,37,38). The number of benzene rings is 1. The highest BCUT2D eigenvalue weighted by Gasteiger charge is 2.30. The van der Waals surface area contributed by atoms with Crippen molar-refractivity contribution < 1.29 is 34.2 Å². The normalized spacial score (nSPS) is 13.9. The molecular weight excluding hydrogens is 528 g/mol. The van der Waals surface area contributed by atoms with E-state index in [1.54, 1.807) is 18.4 Å². The average molecular weight is 569 g/mol. The summed E-state index contributed by atoms with van der Waals surface area (Å²) in [6.07, 6.45) is 3.00. The smallest absolute Gasteiger partial charge is 0.326 e. The minimum absolute atomic E-state index is 0.0715. The number of carboxylic acid groups (broad SMARTS) is 1. The van der Waals surface area contributed by atoms with Crippen LogP contribution >= 0.6 is 11.8 Å². The maximum absolute atomic E-state index is 13.2. The van der Waals surface area contributed by atoms with Crippen molar-refractivity contribution in [1.82, 2.24) is 16.0 Å². The average Bonchev–Trinajstić information content (AvgIpc) is 2.88. The molecule has 0 radical (unpaired) electrons. The Bertz CT molecular complexity index is 963. The molecule has 0 aliphatic heterocycles. The second-order valence-electron chi connectivity index (χ2n) is 9.07. The van der Waals surface area contributed by atoms with Gasteiger partial charge in [0.2, 0.25) is 23.6 Å². The molecule has 14 heteroatoms. The number of carboxylic acids is 1. The summed E-state index contributed by atoms with van der Waals surface area (Å²) in [6, 6.07) is 1.68. The van der Waals surface area contributed by atoms with Gasteiger partial charge >= 0.3 is 5.97 Å². The molecule has 0 saturated heterocycles. The summed E-state index contributed by atoms with van der Waals surface area (Å²) in [4.78, 5) is 61.9. The van der Waals surface area contributed by atoms with Gasteiger partial charge in [0.1, 0.15) is 23.9 Å². The highest BCUT2D eigenvalue weighted by molar-refractivity contribution is 7.98. The van der Waals surface area contributed by atoms with Gasteiger partial charge in [0.25, 0.3) is 0 Å². The van der Waals surface area contributed by atoms with Crippen LogP contribution in [0.2, 0.25) is 0 Å². The predicted molar refractivity (Wildman–Crippen MR) is 148 cm³/mol. The highest BCUT2D eigenvalue weighted by Crippen LogP contribution is 2.12. The van der Waals surface area contributed by atoms with E-state index in [0.29, 0.717) is 30.7 Å². The molecule has 0 aromatic heterocycles. The van der Waals surface area contributed by atoms with E-state index in [1.807, 2.05) is 0 Å². The molecule has 1 aromatic rings. The molecule has 1 rings (SSSR count). The second-order valence-corrected chi connectivity index (χ2v) is 10.1. The van der Waals surface area contributed by atoms with Crippen molar-refractivity contribution >= 4 is 41.4 Å². The van der Waals surface area contributed by atoms with E-state index in [0.717, 1.165) is 0 Å². The lowest BCUT2D eigenvalue weighted by Gasteiger charge is -2.25. The van der Waals surface area contributed by atoms with Crippen molar-refractivity contribution in [1.29, 1.82) is 0 Å². The van der Waals surface area contributed by atoms with E-state index >= 15 is 0 Å². The van der Waals surface area contributed by atoms with Gasteiger partial charge in [-0.15, -0.1) is 0 Å². The Labute approximate surface area is 232 Å². The molecule has 11 N–H and O–H groups in total. The maximum atomic E-state index is 13.2. The molecule has 0 fully saturated rings. The van der Waals surface area contributed by atoms with Crippen LogP contribution in [-0.2, 0) is 30.4 Å². The number of primary amides is 1. The fourth-order valence-electron chi connectivity index (χ4n) is 3.61. The number of hydrogen-bond acceptors (Lipinski definition) is 9. The summed E-state index contributed by atoms with van der Waals surface area (Å²) in [7, 11) is 0. The van der Waals surface area contributed by atoms with E-state index in [-0.39, 0.29) is 37.9 Å². The van der Waals surface area contributed by atoms with Crippen LogP contribution in [-0.4, -0.2) is 82.5 Å². The number of phenols is 1. The minimum atomic E-state index is -1.26. The lowest BCUT2D eigenvalue weighted by molar-refractivity contribution is -0.142. The first-order valence-electron chi connectivity index (χ1n) is 12.6. The molecule has 4 amide bonds. The van der Waals surface area contributed by atoms with E-state index in [4.69, 9.17) is 17.2 Å². The lowest BCUT2D eigenvalue weighted by Crippen LogP contribution is -2.57. The molecule has 39 heavy (non-hydrogen) atoms. The van der Waals surface area contributed by atoms with Crippen LogP contribution in [0.4, 0.5) is 0 Å². The molecule has 0 heterocycles. The summed E-state index contributed by atoms with van der Waals surface area (Å²) in [5.74, 6) is -3.46. The molecule has 0 aliphatic rings. The van der Waals surface area contributed by atoms with Gasteiger partial charge in [-0.3, -0.25) is 19.2 Å². The second kappa shape index (κ2) is 18.0. The van der Waals surface area contributed by atoms with Gasteiger partial charge in [-0.25, -0.2) is 4.79 Å². The van der Waals surface area contributed by atoms with Crippen LogP contribution in [0.3, 0.4) is 0 Å². The Morgan fingerprint density at radius 2 is 1.44 bits per heavy atom. The van der Waals surface area contributed by atoms with Crippen molar-refractivity contribution in [2.45, 2.75) is 69.1 Å². The number of carbonyl (C=O) groups excluding carboxylic acids is 4. The van der Waals surface area contributed by atoms with Gasteiger partial charge in [-0.2, -0.15) is 11.8 Å². The van der Waals surface area contributed by atoms with E-state index in [1.165, 1.54) is 23.9 Å². The summed E-state index contributed by atoms with van der Waals surface area (Å²) >= 11 is 1.41. The van der Waals surface area contributed by atoms with Crippen LogP contribution in [0.1, 0.15) is 44.1 Å². The fourth-order valence-corrected chi connectivity index (χ4v) is 4.08. The molecule has 0 saturated carbocycles. The van der Waals surface area contributed by atoms with Gasteiger partial charge in [-0.05, 0) is 74.8 Å². The minimum Gasteiger partial charge on any atom is -0.508 e. The van der Waals surface area contributed by atoms with E-state index in [9.17, 15) is 34.2 Å². The molecule has 218 valence electrons. The zero-order valence-corrected chi connectivity index (χ0v) is 22.9. The zero-order chi connectivity index (χ0) is 29.4. The van der Waals surface area contributed by atoms with Crippen LogP contribution in [0.5, 0.6) is 5.75 Å². The Morgan fingerprint density at radius 1 is 0.872 bits per heavy atom. The first kappa shape index (κ1) is 33.7. The summed E-state index contributed by atoms with van der Waals surface area (Å²) in [5, 5.41) is 26.4. The van der Waals surface area contributed by atoms with Crippen LogP contribution in [0.15, 0.2) is 24.3 Å². The number of hydrogen-bond donors (Lipinski definition) is 8. The third-order valence-corrected chi connectivity index (χ3v) is 6.49. The summed E-state index contributed by atoms with van der Waals surface area (Å²) < 4.78 is 0. The largest absolute Gasteiger partial charge is 0.508 e. The lowest BCUT2D eigenvalue weighted by atomic mass is 10.0. The van der Waals surface area contributed by atoms with Crippen molar-refractivity contribution in [3.8, 4) is 5.75 Å². The van der Waals surface area contributed by atoms with Crippen LogP contribution in [0.25, 0.3) is 0 Å². The summed E-state index contributed by atoms with van der Waals surface area (Å²) in [5.41, 5.74) is 17.5. The monoisotopic (exact) mass is 568 g/mol. The number of nitrogens with one attached hydrogen (secondary N) is 3. The Balaban J connectivity index is 2.99. The zero-order valence-electron chi connectivity index (χ0n) is 22.1. The van der Waals surface area contributed by atoms with Crippen molar-refractivity contribution in [2.24, 2.45) is 17.2 Å². The first-order valence-corrected chi connectivity index (χ1v) is 14.0. The van der Waals surface area contributed by atoms with E-state index in [2.05, 4.69) is 16.0 Å². The molecule has 13 nitrogen and oxygen atoms in total. The van der Waals surface area contributed by atoms with Crippen LogP contribution < -0.4 is 33.2 Å². The Morgan fingerprint density at radius 3 is 1.97 bits per heavy atom. The van der Waals surface area contributed by atoms with Gasteiger partial charge in [0.05, 0.1) is 6.04 Å². The van der Waals surface area contributed by atoms with E-state index < -0.39 is 53.8 Å². The van der Waals surface area contributed by atoms with Gasteiger partial charge in [0, 0.05) is 6.42 Å². The topological polar surface area (TPSA) is 240 Å². The Hall–Kier alpha value is -3.36. The Kier molecular flexibility index (Phi) is 15.6. The van der Waals surface area contributed by atoms with Gasteiger partial charge in [-0.1, -0.05) is 12.1 Å². The molecule has 0 bridgehead atoms. The molecule has 1 aromatic carbocycles. The van der Waals surface area contributed by atoms with Crippen molar-refractivity contribution in [3.05, 3.63) is 29.8 Å². The maximum Gasteiger partial charge on any atom is 0.326 e. The predicted octanol–water partition coefficient (Wildman–Crippen LogP) is -1.05. The number of aliphatic carboxylic acids is 1. The molecule has 4 unspecified atom stereocenters. The molecule has 4 atom stereocenters. The first-order chi connectivity index (χ1) is 18.5.